The van der Waals surface area contributed by atoms with Crippen LogP contribution >= 0.6 is 0 Å². The number of aryl methyl sites for hydroxylation is 1. The lowest BCUT2D eigenvalue weighted by atomic mass is 9.92. The van der Waals surface area contributed by atoms with E-state index in [2.05, 4.69) is 50.5 Å². The van der Waals surface area contributed by atoms with Crippen molar-refractivity contribution in [1.29, 1.82) is 0 Å². The third-order valence-corrected chi connectivity index (χ3v) is 5.84. The van der Waals surface area contributed by atoms with Gasteiger partial charge in [0, 0.05) is 13.2 Å². The molecule has 1 aromatic rings. The van der Waals surface area contributed by atoms with E-state index >= 15 is 0 Å². The standard InChI is InChI=1S/C19H29NO/c1-19(2,21-4)12-11-16(20-3)18-15-10-9-13-7-5-6-8-14(13)17(15)18/h5-8,15-18,20H,9-12H2,1-4H3. The molecule has 0 bridgehead atoms. The number of methoxy groups -OCH3 is 1. The van der Waals surface area contributed by atoms with E-state index in [1.165, 1.54) is 19.3 Å². The molecule has 116 valence electrons. The summed E-state index contributed by atoms with van der Waals surface area (Å²) in [6.45, 7) is 4.38. The van der Waals surface area contributed by atoms with Crippen LogP contribution in [0.5, 0.6) is 0 Å². The van der Waals surface area contributed by atoms with Crippen LogP contribution in [0.2, 0.25) is 0 Å². The molecule has 1 saturated carbocycles. The van der Waals surface area contributed by atoms with Crippen LogP contribution in [0.3, 0.4) is 0 Å². The molecule has 2 aliphatic carbocycles. The minimum Gasteiger partial charge on any atom is -0.379 e. The maximum Gasteiger partial charge on any atom is 0.0623 e. The Labute approximate surface area is 129 Å². The maximum absolute atomic E-state index is 5.58. The maximum atomic E-state index is 5.58. The van der Waals surface area contributed by atoms with Gasteiger partial charge < -0.3 is 10.1 Å². The van der Waals surface area contributed by atoms with Gasteiger partial charge in [0.1, 0.15) is 0 Å². The lowest BCUT2D eigenvalue weighted by molar-refractivity contribution is 0.0112. The van der Waals surface area contributed by atoms with Gasteiger partial charge in [-0.2, -0.15) is 0 Å². The van der Waals surface area contributed by atoms with Crippen molar-refractivity contribution in [1.82, 2.24) is 5.32 Å². The molecule has 2 nitrogen and oxygen atoms in total. The third kappa shape index (κ3) is 2.89. The minimum absolute atomic E-state index is 0.00688. The summed E-state index contributed by atoms with van der Waals surface area (Å²) < 4.78 is 5.58. The predicted molar refractivity (Wildman–Crippen MR) is 87.7 cm³/mol. The highest BCUT2D eigenvalue weighted by Crippen LogP contribution is 2.61. The van der Waals surface area contributed by atoms with Crippen molar-refractivity contribution in [2.45, 2.75) is 57.1 Å². The van der Waals surface area contributed by atoms with Crippen LogP contribution in [0.4, 0.5) is 0 Å². The summed E-state index contributed by atoms with van der Waals surface area (Å²) in [5.41, 5.74) is 3.21. The monoisotopic (exact) mass is 287 g/mol. The van der Waals surface area contributed by atoms with E-state index in [9.17, 15) is 0 Å². The van der Waals surface area contributed by atoms with Crippen LogP contribution < -0.4 is 5.32 Å². The fourth-order valence-electron chi connectivity index (χ4n) is 4.30. The van der Waals surface area contributed by atoms with Gasteiger partial charge in [-0.05, 0) is 75.5 Å². The number of ether oxygens (including phenoxy) is 1. The largest absolute Gasteiger partial charge is 0.379 e. The average Bonchev–Trinajstić information content (AvgIpc) is 3.23. The zero-order chi connectivity index (χ0) is 15.0. The molecule has 4 unspecified atom stereocenters. The molecular formula is C19H29NO. The van der Waals surface area contributed by atoms with Gasteiger partial charge in [0.25, 0.3) is 0 Å². The van der Waals surface area contributed by atoms with Gasteiger partial charge >= 0.3 is 0 Å². The predicted octanol–water partition coefficient (Wildman–Crippen LogP) is 3.76. The first-order valence-electron chi connectivity index (χ1n) is 8.37. The summed E-state index contributed by atoms with van der Waals surface area (Å²) in [5, 5.41) is 3.59. The van der Waals surface area contributed by atoms with Gasteiger partial charge in [-0.1, -0.05) is 24.3 Å². The van der Waals surface area contributed by atoms with Gasteiger partial charge in [-0.15, -0.1) is 0 Å². The Balaban J connectivity index is 1.68. The van der Waals surface area contributed by atoms with Crippen molar-refractivity contribution >= 4 is 0 Å². The molecule has 0 amide bonds. The van der Waals surface area contributed by atoms with Crippen LogP contribution in [-0.4, -0.2) is 25.8 Å². The molecular weight excluding hydrogens is 258 g/mol. The van der Waals surface area contributed by atoms with E-state index in [1.54, 1.807) is 11.1 Å². The topological polar surface area (TPSA) is 21.3 Å². The van der Waals surface area contributed by atoms with E-state index in [0.717, 1.165) is 24.2 Å². The average molecular weight is 287 g/mol. The molecule has 1 aromatic carbocycles. The molecule has 0 heterocycles. The van der Waals surface area contributed by atoms with Crippen molar-refractivity contribution < 1.29 is 4.74 Å². The highest BCUT2D eigenvalue weighted by Gasteiger charge is 2.55. The first-order chi connectivity index (χ1) is 10.1. The van der Waals surface area contributed by atoms with Crippen molar-refractivity contribution in [3.05, 3.63) is 35.4 Å². The normalized spacial score (nSPS) is 28.7. The molecule has 2 aliphatic rings. The van der Waals surface area contributed by atoms with E-state index in [-0.39, 0.29) is 5.60 Å². The minimum atomic E-state index is -0.00688. The lowest BCUT2D eigenvalue weighted by Gasteiger charge is -2.26. The Kier molecular flexibility index (Phi) is 4.11. The Morgan fingerprint density at radius 2 is 2.10 bits per heavy atom. The molecule has 2 heteroatoms. The highest BCUT2D eigenvalue weighted by molar-refractivity contribution is 5.40. The fourth-order valence-corrected chi connectivity index (χ4v) is 4.30. The summed E-state index contributed by atoms with van der Waals surface area (Å²) in [4.78, 5) is 0. The second kappa shape index (κ2) is 5.73. The molecule has 4 atom stereocenters. The number of fused-ring (bicyclic) bond motifs is 3. The lowest BCUT2D eigenvalue weighted by Crippen LogP contribution is -2.32. The molecule has 0 aromatic heterocycles. The fraction of sp³-hybridized carbons (Fsp3) is 0.684. The van der Waals surface area contributed by atoms with Crippen molar-refractivity contribution in [2.75, 3.05) is 14.2 Å². The molecule has 0 radical (unpaired) electrons. The zero-order valence-electron chi connectivity index (χ0n) is 13.9. The van der Waals surface area contributed by atoms with Gasteiger partial charge in [0.2, 0.25) is 0 Å². The summed E-state index contributed by atoms with van der Waals surface area (Å²) in [6.07, 6.45) is 4.97. The summed E-state index contributed by atoms with van der Waals surface area (Å²) in [7, 11) is 3.95. The van der Waals surface area contributed by atoms with Crippen LogP contribution in [-0.2, 0) is 11.2 Å². The number of nitrogens with one attached hydrogen (secondary N) is 1. The number of rotatable bonds is 6. The van der Waals surface area contributed by atoms with Crippen LogP contribution in [0, 0.1) is 11.8 Å². The Morgan fingerprint density at radius 1 is 1.33 bits per heavy atom. The summed E-state index contributed by atoms with van der Waals surface area (Å²) in [5.74, 6) is 2.53. The van der Waals surface area contributed by atoms with Crippen LogP contribution in [0.25, 0.3) is 0 Å². The quantitative estimate of drug-likeness (QED) is 0.860. The summed E-state index contributed by atoms with van der Waals surface area (Å²) >= 11 is 0. The number of hydrogen-bond donors (Lipinski definition) is 1. The number of benzene rings is 1. The summed E-state index contributed by atoms with van der Waals surface area (Å²) in [6, 6.07) is 9.70. The van der Waals surface area contributed by atoms with Gasteiger partial charge in [-0.3, -0.25) is 0 Å². The van der Waals surface area contributed by atoms with Crippen molar-refractivity contribution in [3.63, 3.8) is 0 Å². The molecule has 3 rings (SSSR count). The second-order valence-electron chi connectivity index (χ2n) is 7.40. The smallest absolute Gasteiger partial charge is 0.0623 e. The molecule has 0 aliphatic heterocycles. The first-order valence-corrected chi connectivity index (χ1v) is 8.37. The van der Waals surface area contributed by atoms with E-state index < -0.39 is 0 Å². The van der Waals surface area contributed by atoms with E-state index in [1.807, 2.05) is 7.11 Å². The van der Waals surface area contributed by atoms with Gasteiger partial charge in [0.05, 0.1) is 5.60 Å². The Morgan fingerprint density at radius 3 is 2.81 bits per heavy atom. The molecule has 1 fully saturated rings. The van der Waals surface area contributed by atoms with Gasteiger partial charge in [-0.25, -0.2) is 0 Å². The molecule has 21 heavy (non-hydrogen) atoms. The first kappa shape index (κ1) is 15.1. The van der Waals surface area contributed by atoms with Crippen molar-refractivity contribution in [2.24, 2.45) is 11.8 Å². The van der Waals surface area contributed by atoms with Crippen LogP contribution in [0.15, 0.2) is 24.3 Å². The molecule has 0 spiro atoms. The van der Waals surface area contributed by atoms with E-state index in [4.69, 9.17) is 4.74 Å². The van der Waals surface area contributed by atoms with Gasteiger partial charge in [0.15, 0.2) is 0 Å². The number of hydrogen-bond acceptors (Lipinski definition) is 2. The SMILES string of the molecule is CNC(CCC(C)(C)OC)C1C2CCc3ccccc3C21. The Bertz CT molecular complexity index is 496. The Hall–Kier alpha value is -0.860. The van der Waals surface area contributed by atoms with Crippen molar-refractivity contribution in [3.8, 4) is 0 Å². The molecule has 0 saturated heterocycles. The molecule has 1 N–H and O–H groups in total. The highest BCUT2D eigenvalue weighted by atomic mass is 16.5. The third-order valence-electron chi connectivity index (χ3n) is 5.84. The van der Waals surface area contributed by atoms with Crippen LogP contribution in [0.1, 0.15) is 50.2 Å². The second-order valence-corrected chi connectivity index (χ2v) is 7.40. The zero-order valence-corrected chi connectivity index (χ0v) is 13.9. The van der Waals surface area contributed by atoms with E-state index in [0.29, 0.717) is 6.04 Å².